The topological polar surface area (TPSA) is 111 Å². The second kappa shape index (κ2) is 47.8. The van der Waals surface area contributed by atoms with Crippen LogP contribution in [0.15, 0.2) is 0 Å². The average molecular weight is 910 g/mol. The second-order valence-electron chi connectivity index (χ2n) is 20.2. The van der Waals surface area contributed by atoms with Gasteiger partial charge in [-0.1, -0.05) is 251 Å². The van der Waals surface area contributed by atoms with Crippen molar-refractivity contribution in [1.29, 1.82) is 0 Å². The van der Waals surface area contributed by atoms with Crippen molar-refractivity contribution in [3.8, 4) is 0 Å². The predicted molar refractivity (Wildman–Crippen MR) is 265 cm³/mol. The first kappa shape index (κ1) is 62.3. The van der Waals surface area contributed by atoms with E-state index in [0.717, 1.165) is 38.5 Å². The number of rotatable bonds is 52. The standard InChI is InChI=1S/C55H107NO8/c1-6-8-10-12-14-16-18-20-21-22-23-24-25-26-27-28-29-30-31-32-34-36-38-40-42-44-46-53(58)64-51(50-63-55(54(59)60)61-48-47-56(3,4)5)49-62-52(57)45-43-41-39-37-35-33-19-17-15-13-11-9-7-2/h51,55H,6-50H2,1-5H3. The van der Waals surface area contributed by atoms with Gasteiger partial charge in [0.25, 0.3) is 0 Å². The Hall–Kier alpha value is -1.71. The number of ether oxygens (including phenoxy) is 4. The van der Waals surface area contributed by atoms with Gasteiger partial charge in [0.2, 0.25) is 0 Å². The molecule has 0 aromatic carbocycles. The molecule has 0 aromatic rings. The van der Waals surface area contributed by atoms with Gasteiger partial charge in [0.15, 0.2) is 12.4 Å². The number of quaternary nitrogens is 1. The van der Waals surface area contributed by atoms with Gasteiger partial charge in [0.1, 0.15) is 13.2 Å². The van der Waals surface area contributed by atoms with Gasteiger partial charge in [0.05, 0.1) is 40.3 Å². The van der Waals surface area contributed by atoms with E-state index in [2.05, 4.69) is 13.8 Å². The van der Waals surface area contributed by atoms with Crippen LogP contribution in [0.1, 0.15) is 277 Å². The van der Waals surface area contributed by atoms with E-state index < -0.39 is 24.3 Å². The van der Waals surface area contributed by atoms with Gasteiger partial charge < -0.3 is 33.3 Å². The minimum Gasteiger partial charge on any atom is -0.545 e. The molecule has 0 spiro atoms. The Kier molecular flexibility index (Phi) is 46.5. The molecule has 0 heterocycles. The smallest absolute Gasteiger partial charge is 0.306 e. The summed E-state index contributed by atoms with van der Waals surface area (Å²) in [6.07, 6.45) is 48.7. The lowest BCUT2D eigenvalue weighted by Crippen LogP contribution is -2.44. The van der Waals surface area contributed by atoms with Gasteiger partial charge in [-0.2, -0.15) is 0 Å². The number of likely N-dealkylation sites (N-methyl/N-ethyl adjacent to an activating group) is 1. The van der Waals surface area contributed by atoms with Crippen LogP contribution in [0.25, 0.3) is 0 Å². The van der Waals surface area contributed by atoms with Gasteiger partial charge in [-0.25, -0.2) is 0 Å². The number of unbranched alkanes of at least 4 members (excludes halogenated alkanes) is 37. The summed E-state index contributed by atoms with van der Waals surface area (Å²) in [6, 6.07) is 0. The molecule has 0 aliphatic carbocycles. The Morgan fingerprint density at radius 1 is 0.406 bits per heavy atom. The quantitative estimate of drug-likeness (QED) is 0.0257. The normalized spacial score (nSPS) is 12.7. The van der Waals surface area contributed by atoms with Crippen molar-refractivity contribution in [2.24, 2.45) is 0 Å². The number of carbonyl (C=O) groups is 3. The van der Waals surface area contributed by atoms with E-state index in [-0.39, 0.29) is 32.2 Å². The van der Waals surface area contributed by atoms with Crippen molar-refractivity contribution in [2.75, 3.05) is 47.5 Å². The summed E-state index contributed by atoms with van der Waals surface area (Å²) >= 11 is 0. The lowest BCUT2D eigenvalue weighted by molar-refractivity contribution is -0.870. The highest BCUT2D eigenvalue weighted by molar-refractivity contribution is 5.70. The van der Waals surface area contributed by atoms with Crippen molar-refractivity contribution >= 4 is 17.9 Å². The highest BCUT2D eigenvalue weighted by Gasteiger charge is 2.22. The van der Waals surface area contributed by atoms with E-state index in [1.54, 1.807) is 0 Å². The molecule has 0 rings (SSSR count). The zero-order chi connectivity index (χ0) is 47.0. The average Bonchev–Trinajstić information content (AvgIpc) is 3.26. The Bertz CT molecular complexity index is 1020. The van der Waals surface area contributed by atoms with Crippen LogP contribution in [-0.4, -0.2) is 82.3 Å². The molecule has 2 unspecified atom stereocenters. The molecule has 2 atom stereocenters. The van der Waals surface area contributed by atoms with Crippen molar-refractivity contribution in [2.45, 2.75) is 289 Å². The molecule has 0 saturated heterocycles. The first-order chi connectivity index (χ1) is 31.1. The van der Waals surface area contributed by atoms with Crippen LogP contribution in [-0.2, 0) is 33.3 Å². The van der Waals surface area contributed by atoms with E-state index in [1.807, 2.05) is 21.1 Å². The maximum atomic E-state index is 12.8. The van der Waals surface area contributed by atoms with Gasteiger partial charge in [-0.05, 0) is 12.8 Å². The van der Waals surface area contributed by atoms with Crippen molar-refractivity contribution < 1.29 is 42.9 Å². The van der Waals surface area contributed by atoms with Gasteiger partial charge >= 0.3 is 11.9 Å². The molecule has 9 heteroatoms. The van der Waals surface area contributed by atoms with E-state index >= 15 is 0 Å². The van der Waals surface area contributed by atoms with Crippen molar-refractivity contribution in [3.05, 3.63) is 0 Å². The van der Waals surface area contributed by atoms with Gasteiger partial charge in [-0.15, -0.1) is 0 Å². The summed E-state index contributed by atoms with van der Waals surface area (Å²) in [4.78, 5) is 37.1. The van der Waals surface area contributed by atoms with E-state index in [1.165, 1.54) is 212 Å². The first-order valence-electron chi connectivity index (χ1n) is 27.7. The Morgan fingerprint density at radius 3 is 1.00 bits per heavy atom. The third kappa shape index (κ3) is 48.2. The molecule has 0 radical (unpaired) electrons. The molecule has 9 nitrogen and oxygen atoms in total. The highest BCUT2D eigenvalue weighted by atomic mass is 16.7. The zero-order valence-electron chi connectivity index (χ0n) is 43.2. The molecule has 0 aliphatic heterocycles. The van der Waals surface area contributed by atoms with E-state index in [4.69, 9.17) is 18.9 Å². The van der Waals surface area contributed by atoms with Crippen LogP contribution in [0.2, 0.25) is 0 Å². The third-order valence-electron chi connectivity index (χ3n) is 12.6. The van der Waals surface area contributed by atoms with Crippen LogP contribution < -0.4 is 5.11 Å². The summed E-state index contributed by atoms with van der Waals surface area (Å²) in [7, 11) is 5.93. The lowest BCUT2D eigenvalue weighted by atomic mass is 10.0. The maximum Gasteiger partial charge on any atom is 0.306 e. The molecule has 0 amide bonds. The number of esters is 2. The predicted octanol–water partition coefficient (Wildman–Crippen LogP) is 14.3. The number of carboxylic acids is 1. The van der Waals surface area contributed by atoms with Gasteiger partial charge in [-0.3, -0.25) is 9.59 Å². The minimum absolute atomic E-state index is 0.153. The number of carbonyl (C=O) groups excluding carboxylic acids is 3. The number of carboxylic acid groups (broad SMARTS) is 1. The van der Waals surface area contributed by atoms with Crippen LogP contribution >= 0.6 is 0 Å². The summed E-state index contributed by atoms with van der Waals surface area (Å²) < 4.78 is 22.7. The largest absolute Gasteiger partial charge is 0.545 e. The fourth-order valence-electron chi connectivity index (χ4n) is 8.30. The minimum atomic E-state index is -1.61. The molecule has 0 aliphatic rings. The molecule has 0 bridgehead atoms. The van der Waals surface area contributed by atoms with Crippen molar-refractivity contribution in [3.63, 3.8) is 0 Å². The Morgan fingerprint density at radius 2 is 0.703 bits per heavy atom. The SMILES string of the molecule is CCCCCCCCCCCCCCCCCCCCCCCCCCCCC(=O)OC(COC(=O)CCCCCCCCCCCCCCC)COC(OCC[N+](C)(C)C)C(=O)[O-]. The monoisotopic (exact) mass is 910 g/mol. The van der Waals surface area contributed by atoms with Crippen molar-refractivity contribution in [1.82, 2.24) is 0 Å². The molecular weight excluding hydrogens is 803 g/mol. The summed E-state index contributed by atoms with van der Waals surface area (Å²) in [6.45, 7) is 4.80. The van der Waals surface area contributed by atoms with E-state index in [0.29, 0.717) is 17.4 Å². The highest BCUT2D eigenvalue weighted by Crippen LogP contribution is 2.18. The Balaban J connectivity index is 4.14. The third-order valence-corrected chi connectivity index (χ3v) is 12.6. The number of hydrogen-bond acceptors (Lipinski definition) is 8. The second-order valence-corrected chi connectivity index (χ2v) is 20.2. The molecule has 380 valence electrons. The Labute approximate surface area is 396 Å². The van der Waals surface area contributed by atoms with Crippen LogP contribution in [0, 0.1) is 0 Å². The first-order valence-corrected chi connectivity index (χ1v) is 27.7. The summed E-state index contributed by atoms with van der Waals surface area (Å²) in [5, 5.41) is 11.7. The fourth-order valence-corrected chi connectivity index (χ4v) is 8.30. The van der Waals surface area contributed by atoms with Crippen LogP contribution in [0.3, 0.4) is 0 Å². The number of hydrogen-bond donors (Lipinski definition) is 0. The lowest BCUT2D eigenvalue weighted by Gasteiger charge is -2.26. The zero-order valence-corrected chi connectivity index (χ0v) is 43.2. The van der Waals surface area contributed by atoms with Crippen LogP contribution in [0.4, 0.5) is 0 Å². The summed E-state index contributed by atoms with van der Waals surface area (Å²) in [5.41, 5.74) is 0. The van der Waals surface area contributed by atoms with Crippen LogP contribution in [0.5, 0.6) is 0 Å². The molecule has 0 N–H and O–H groups in total. The summed E-state index contributed by atoms with van der Waals surface area (Å²) in [5.74, 6) is -2.26. The molecular formula is C55H107NO8. The molecule has 64 heavy (non-hydrogen) atoms. The molecule has 0 aromatic heterocycles. The molecule has 0 saturated carbocycles. The number of aliphatic carboxylic acids is 1. The van der Waals surface area contributed by atoms with Gasteiger partial charge in [0, 0.05) is 12.8 Å². The van der Waals surface area contributed by atoms with E-state index in [9.17, 15) is 19.5 Å². The fraction of sp³-hybridized carbons (Fsp3) is 0.945. The molecule has 0 fully saturated rings. The number of nitrogens with zero attached hydrogens (tertiary/aromatic N) is 1. The maximum absolute atomic E-state index is 12.8.